The molecule has 0 saturated heterocycles. The third kappa shape index (κ3) is 7.79. The van der Waals surface area contributed by atoms with Gasteiger partial charge in [0.25, 0.3) is 0 Å². The first-order valence-electron chi connectivity index (χ1n) is 6.84. The maximum atomic E-state index is 11.8. The van der Waals surface area contributed by atoms with Crippen LogP contribution in [-0.4, -0.2) is 55.3 Å². The SMILES string of the molecule is COCCOCCOCc1cc(C(=O)OC(C)(C)C)[nH]n1. The molecule has 0 aliphatic carbocycles. The standard InChI is InChI=1S/C14H24N2O5/c1-14(2,3)21-13(17)12-9-11(15-16-12)10-20-8-7-19-6-5-18-4/h9H,5-8,10H2,1-4H3,(H,15,16). The van der Waals surface area contributed by atoms with Crippen LogP contribution in [0, 0.1) is 0 Å². The Labute approximate surface area is 124 Å². The molecule has 0 aromatic carbocycles. The molecule has 7 nitrogen and oxygen atoms in total. The average Bonchev–Trinajstić information content (AvgIpc) is 2.84. The number of carbonyl (C=O) groups is 1. The fraction of sp³-hybridized carbons (Fsp3) is 0.714. The Balaban J connectivity index is 2.24. The highest BCUT2D eigenvalue weighted by atomic mass is 16.6. The summed E-state index contributed by atoms with van der Waals surface area (Å²) in [4.78, 5) is 11.8. The predicted octanol–water partition coefficient (Wildman–Crippen LogP) is 1.54. The van der Waals surface area contributed by atoms with Crippen LogP contribution in [0.2, 0.25) is 0 Å². The number of ether oxygens (including phenoxy) is 4. The zero-order valence-corrected chi connectivity index (χ0v) is 13.1. The van der Waals surface area contributed by atoms with Crippen molar-refractivity contribution in [2.45, 2.75) is 33.0 Å². The topological polar surface area (TPSA) is 82.7 Å². The van der Waals surface area contributed by atoms with Gasteiger partial charge in [0.1, 0.15) is 11.3 Å². The molecule has 0 amide bonds. The van der Waals surface area contributed by atoms with Gasteiger partial charge >= 0.3 is 5.97 Å². The number of hydrogen-bond acceptors (Lipinski definition) is 6. The maximum absolute atomic E-state index is 11.8. The molecule has 1 aromatic rings. The zero-order chi connectivity index (χ0) is 15.7. The molecular formula is C14H24N2O5. The molecule has 21 heavy (non-hydrogen) atoms. The third-order valence-electron chi connectivity index (χ3n) is 2.30. The molecular weight excluding hydrogens is 276 g/mol. The smallest absolute Gasteiger partial charge is 0.356 e. The molecule has 0 saturated carbocycles. The molecule has 0 aliphatic heterocycles. The second kappa shape index (κ2) is 8.76. The van der Waals surface area contributed by atoms with Crippen molar-refractivity contribution in [1.29, 1.82) is 0 Å². The molecule has 1 N–H and O–H groups in total. The van der Waals surface area contributed by atoms with Gasteiger partial charge in [-0.3, -0.25) is 5.10 Å². The number of nitrogens with zero attached hydrogens (tertiary/aromatic N) is 1. The van der Waals surface area contributed by atoms with E-state index >= 15 is 0 Å². The van der Waals surface area contributed by atoms with Crippen molar-refractivity contribution in [3.8, 4) is 0 Å². The van der Waals surface area contributed by atoms with Crippen molar-refractivity contribution in [2.75, 3.05) is 33.5 Å². The molecule has 0 radical (unpaired) electrons. The van der Waals surface area contributed by atoms with Crippen LogP contribution in [0.5, 0.6) is 0 Å². The van der Waals surface area contributed by atoms with Crippen LogP contribution in [0.1, 0.15) is 37.0 Å². The summed E-state index contributed by atoms with van der Waals surface area (Å²) in [5.41, 5.74) is 0.436. The molecule has 7 heteroatoms. The van der Waals surface area contributed by atoms with Crippen LogP contribution in [0.25, 0.3) is 0 Å². The van der Waals surface area contributed by atoms with E-state index in [2.05, 4.69) is 10.2 Å². The number of aromatic nitrogens is 2. The number of methoxy groups -OCH3 is 1. The van der Waals surface area contributed by atoms with Crippen molar-refractivity contribution in [3.05, 3.63) is 17.5 Å². The molecule has 0 unspecified atom stereocenters. The molecule has 1 rings (SSSR count). The monoisotopic (exact) mass is 300 g/mol. The summed E-state index contributed by atoms with van der Waals surface area (Å²) < 4.78 is 20.7. The highest BCUT2D eigenvalue weighted by Crippen LogP contribution is 2.11. The number of esters is 1. The summed E-state index contributed by atoms with van der Waals surface area (Å²) in [5, 5.41) is 6.65. The molecule has 1 heterocycles. The second-order valence-corrected chi connectivity index (χ2v) is 5.43. The van der Waals surface area contributed by atoms with Gasteiger partial charge in [-0.2, -0.15) is 5.10 Å². The Bertz CT molecular complexity index is 425. The van der Waals surface area contributed by atoms with E-state index in [1.165, 1.54) is 0 Å². The number of H-pyrrole nitrogens is 1. The van der Waals surface area contributed by atoms with Crippen molar-refractivity contribution >= 4 is 5.97 Å². The van der Waals surface area contributed by atoms with E-state index in [0.717, 1.165) is 0 Å². The Hall–Kier alpha value is -1.44. The van der Waals surface area contributed by atoms with Crippen LogP contribution in [0.15, 0.2) is 6.07 Å². The predicted molar refractivity (Wildman–Crippen MR) is 76.1 cm³/mol. The summed E-state index contributed by atoms with van der Waals surface area (Å²) in [7, 11) is 1.62. The van der Waals surface area contributed by atoms with Crippen LogP contribution in [0.4, 0.5) is 0 Å². The van der Waals surface area contributed by atoms with E-state index in [9.17, 15) is 4.79 Å². The molecule has 1 aromatic heterocycles. The van der Waals surface area contributed by atoms with Gasteiger partial charge in [-0.25, -0.2) is 4.79 Å². The molecule has 0 spiro atoms. The summed E-state index contributed by atoms with van der Waals surface area (Å²) in [6.07, 6.45) is 0. The molecule has 0 bridgehead atoms. The summed E-state index contributed by atoms with van der Waals surface area (Å²) in [6, 6.07) is 1.62. The minimum Gasteiger partial charge on any atom is -0.455 e. The first kappa shape index (κ1) is 17.6. The zero-order valence-electron chi connectivity index (χ0n) is 13.1. The van der Waals surface area contributed by atoms with Crippen molar-refractivity contribution in [1.82, 2.24) is 10.2 Å². The van der Waals surface area contributed by atoms with E-state index in [1.54, 1.807) is 13.2 Å². The van der Waals surface area contributed by atoms with Crippen LogP contribution in [0.3, 0.4) is 0 Å². The minimum atomic E-state index is -0.529. The minimum absolute atomic E-state index is 0.312. The summed E-state index contributed by atoms with van der Waals surface area (Å²) >= 11 is 0. The Kier molecular flexibility index (Phi) is 7.35. The lowest BCUT2D eigenvalue weighted by molar-refractivity contribution is 0.00627. The van der Waals surface area contributed by atoms with E-state index in [0.29, 0.717) is 44.4 Å². The highest BCUT2D eigenvalue weighted by molar-refractivity contribution is 5.87. The van der Waals surface area contributed by atoms with Gasteiger partial charge in [0, 0.05) is 7.11 Å². The summed E-state index contributed by atoms with van der Waals surface area (Å²) in [6.45, 7) is 7.82. The van der Waals surface area contributed by atoms with E-state index in [1.807, 2.05) is 20.8 Å². The van der Waals surface area contributed by atoms with Gasteiger partial charge in [0.2, 0.25) is 0 Å². The van der Waals surface area contributed by atoms with Gasteiger partial charge in [-0.1, -0.05) is 0 Å². The fourth-order valence-electron chi connectivity index (χ4n) is 1.41. The lowest BCUT2D eigenvalue weighted by Crippen LogP contribution is -2.24. The number of aromatic amines is 1. The highest BCUT2D eigenvalue weighted by Gasteiger charge is 2.19. The van der Waals surface area contributed by atoms with Crippen LogP contribution in [-0.2, 0) is 25.6 Å². The van der Waals surface area contributed by atoms with Gasteiger partial charge in [-0.05, 0) is 26.8 Å². The van der Waals surface area contributed by atoms with E-state index in [-0.39, 0.29) is 0 Å². The Morgan fingerprint density at radius 1 is 1.19 bits per heavy atom. The van der Waals surface area contributed by atoms with Crippen molar-refractivity contribution in [3.63, 3.8) is 0 Å². The largest absolute Gasteiger partial charge is 0.455 e. The van der Waals surface area contributed by atoms with Crippen LogP contribution < -0.4 is 0 Å². The van der Waals surface area contributed by atoms with Gasteiger partial charge in [-0.15, -0.1) is 0 Å². The first-order valence-corrected chi connectivity index (χ1v) is 6.84. The Morgan fingerprint density at radius 3 is 2.52 bits per heavy atom. The number of hydrogen-bond donors (Lipinski definition) is 1. The molecule has 0 aliphatic rings. The molecule has 0 atom stereocenters. The third-order valence-corrected chi connectivity index (χ3v) is 2.30. The lowest BCUT2D eigenvalue weighted by Gasteiger charge is -2.18. The Morgan fingerprint density at radius 2 is 1.86 bits per heavy atom. The van der Waals surface area contributed by atoms with E-state index < -0.39 is 11.6 Å². The fourth-order valence-corrected chi connectivity index (χ4v) is 1.41. The lowest BCUT2D eigenvalue weighted by atomic mass is 10.2. The average molecular weight is 300 g/mol. The second-order valence-electron chi connectivity index (χ2n) is 5.43. The van der Waals surface area contributed by atoms with Crippen molar-refractivity contribution in [2.24, 2.45) is 0 Å². The van der Waals surface area contributed by atoms with Gasteiger partial charge < -0.3 is 18.9 Å². The maximum Gasteiger partial charge on any atom is 0.356 e. The van der Waals surface area contributed by atoms with Crippen molar-refractivity contribution < 1.29 is 23.7 Å². The molecule has 0 fully saturated rings. The normalized spacial score (nSPS) is 11.6. The van der Waals surface area contributed by atoms with E-state index in [4.69, 9.17) is 18.9 Å². The van der Waals surface area contributed by atoms with Gasteiger partial charge in [0.15, 0.2) is 0 Å². The number of nitrogens with one attached hydrogen (secondary N) is 1. The number of carbonyl (C=O) groups excluding carboxylic acids is 1. The van der Waals surface area contributed by atoms with Crippen LogP contribution >= 0.6 is 0 Å². The summed E-state index contributed by atoms with van der Waals surface area (Å²) in [5.74, 6) is -0.427. The quantitative estimate of drug-likeness (QED) is 0.550. The number of rotatable bonds is 9. The molecule has 120 valence electrons. The first-order chi connectivity index (χ1) is 9.92. The van der Waals surface area contributed by atoms with Gasteiger partial charge in [0.05, 0.1) is 38.7 Å².